The fourth-order valence-electron chi connectivity index (χ4n) is 2.84. The Morgan fingerprint density at radius 1 is 1.27 bits per heavy atom. The number of rotatable bonds is 7. The van der Waals surface area contributed by atoms with Gasteiger partial charge >= 0.3 is 0 Å². The van der Waals surface area contributed by atoms with E-state index >= 15 is 0 Å². The van der Waals surface area contributed by atoms with Crippen LogP contribution in [0.15, 0.2) is 18.2 Å². The first-order valence-corrected chi connectivity index (χ1v) is 7.93. The molecule has 1 atom stereocenters. The highest BCUT2D eigenvalue weighted by Crippen LogP contribution is 2.28. The molecule has 1 fully saturated rings. The second-order valence-electron chi connectivity index (χ2n) is 5.90. The van der Waals surface area contributed by atoms with E-state index in [1.807, 2.05) is 0 Å². The molecule has 0 aliphatic carbocycles. The van der Waals surface area contributed by atoms with Crippen molar-refractivity contribution in [2.45, 2.75) is 32.3 Å². The van der Waals surface area contributed by atoms with Crippen molar-refractivity contribution in [1.82, 2.24) is 0 Å². The van der Waals surface area contributed by atoms with E-state index in [4.69, 9.17) is 9.47 Å². The average molecular weight is 308 g/mol. The molecule has 2 rings (SSSR count). The van der Waals surface area contributed by atoms with Crippen molar-refractivity contribution in [2.75, 3.05) is 33.4 Å². The first-order valence-electron chi connectivity index (χ1n) is 7.93. The van der Waals surface area contributed by atoms with Gasteiger partial charge in [0.2, 0.25) is 0 Å². The highest BCUT2D eigenvalue weighted by Gasteiger charge is 2.19. The Balaban J connectivity index is 1.88. The smallest absolute Gasteiger partial charge is 0.161 e. The predicted molar refractivity (Wildman–Crippen MR) is 83.9 cm³/mol. The van der Waals surface area contributed by atoms with Crippen molar-refractivity contribution < 1.29 is 24.3 Å². The third kappa shape index (κ3) is 4.71. The molecule has 1 aromatic rings. The number of ether oxygens (including phenoxy) is 2. The molecule has 1 saturated heterocycles. The minimum atomic E-state index is -0.495. The van der Waals surface area contributed by atoms with Gasteiger partial charge in [0.05, 0.1) is 20.2 Å². The Morgan fingerprint density at radius 3 is 2.64 bits per heavy atom. The molecule has 5 nitrogen and oxygen atoms in total. The highest BCUT2D eigenvalue weighted by atomic mass is 16.5. The van der Waals surface area contributed by atoms with E-state index in [0.717, 1.165) is 13.1 Å². The van der Waals surface area contributed by atoms with Crippen LogP contribution in [0.4, 0.5) is 0 Å². The van der Waals surface area contributed by atoms with Crippen molar-refractivity contribution in [3.63, 3.8) is 0 Å². The number of aliphatic hydroxyl groups excluding tert-OH is 1. The SMILES string of the molecule is COc1cc(C(C)=O)ccc1OC[C@H](O)C[NH+]1CCCCC1. The molecule has 22 heavy (non-hydrogen) atoms. The molecule has 0 amide bonds. The van der Waals surface area contributed by atoms with Gasteiger partial charge in [0.1, 0.15) is 19.3 Å². The number of carbonyl (C=O) groups is 1. The van der Waals surface area contributed by atoms with Gasteiger partial charge in [-0.05, 0) is 44.4 Å². The van der Waals surface area contributed by atoms with E-state index < -0.39 is 6.10 Å². The molecule has 1 aromatic carbocycles. The normalized spacial score (nSPS) is 17.0. The minimum absolute atomic E-state index is 0.0152. The number of carbonyl (C=O) groups excluding carboxylic acids is 1. The topological polar surface area (TPSA) is 60.2 Å². The standard InChI is InChI=1S/C17H25NO4/c1-13(19)14-6-7-16(17(10-14)21-2)22-12-15(20)11-18-8-4-3-5-9-18/h6-7,10,15,20H,3-5,8-9,11-12H2,1-2H3/p+1/t15-/m1/s1. The summed E-state index contributed by atoms with van der Waals surface area (Å²) in [5.74, 6) is 1.06. The van der Waals surface area contributed by atoms with Crippen LogP contribution < -0.4 is 14.4 Å². The minimum Gasteiger partial charge on any atom is -0.493 e. The number of hydrogen-bond donors (Lipinski definition) is 2. The van der Waals surface area contributed by atoms with Crippen LogP contribution in [0, 0.1) is 0 Å². The largest absolute Gasteiger partial charge is 0.493 e. The lowest BCUT2D eigenvalue weighted by Crippen LogP contribution is -3.14. The summed E-state index contributed by atoms with van der Waals surface area (Å²) < 4.78 is 10.9. The fraction of sp³-hybridized carbons (Fsp3) is 0.588. The van der Waals surface area contributed by atoms with Crippen LogP contribution in [0.1, 0.15) is 36.5 Å². The summed E-state index contributed by atoms with van der Waals surface area (Å²) in [6.45, 7) is 4.73. The number of aliphatic hydroxyl groups is 1. The van der Waals surface area contributed by atoms with Crippen LogP contribution in [-0.2, 0) is 0 Å². The molecule has 0 unspecified atom stereocenters. The van der Waals surface area contributed by atoms with Gasteiger partial charge in [-0.15, -0.1) is 0 Å². The molecule has 1 aliphatic rings. The summed E-state index contributed by atoms with van der Waals surface area (Å²) in [7, 11) is 1.54. The number of piperidine rings is 1. The second-order valence-corrected chi connectivity index (χ2v) is 5.90. The molecule has 1 heterocycles. The summed E-state index contributed by atoms with van der Waals surface area (Å²) >= 11 is 0. The van der Waals surface area contributed by atoms with E-state index in [0.29, 0.717) is 23.6 Å². The van der Waals surface area contributed by atoms with Crippen LogP contribution in [0.3, 0.4) is 0 Å². The lowest BCUT2D eigenvalue weighted by molar-refractivity contribution is -0.908. The van der Waals surface area contributed by atoms with Crippen LogP contribution in [0.5, 0.6) is 11.5 Å². The van der Waals surface area contributed by atoms with Gasteiger partial charge in [-0.1, -0.05) is 0 Å². The Labute approximate surface area is 131 Å². The van der Waals surface area contributed by atoms with Gasteiger partial charge in [-0.2, -0.15) is 0 Å². The van der Waals surface area contributed by atoms with Crippen LogP contribution in [0.25, 0.3) is 0 Å². The third-order valence-electron chi connectivity index (χ3n) is 4.09. The summed E-state index contributed by atoms with van der Waals surface area (Å²) in [6.07, 6.45) is 3.28. The Bertz CT molecular complexity index is 497. The molecule has 0 spiro atoms. The first kappa shape index (κ1) is 16.8. The molecule has 0 saturated carbocycles. The van der Waals surface area contributed by atoms with Crippen molar-refractivity contribution >= 4 is 5.78 Å². The van der Waals surface area contributed by atoms with E-state index in [9.17, 15) is 9.90 Å². The zero-order valence-electron chi connectivity index (χ0n) is 13.4. The number of quaternary nitrogens is 1. The molecule has 2 N–H and O–H groups in total. The Kier molecular flexibility index (Phi) is 6.21. The fourth-order valence-corrected chi connectivity index (χ4v) is 2.84. The third-order valence-corrected chi connectivity index (χ3v) is 4.09. The molecule has 1 aliphatic heterocycles. The Morgan fingerprint density at radius 2 is 2.00 bits per heavy atom. The lowest BCUT2D eigenvalue weighted by atomic mass is 10.1. The number of hydrogen-bond acceptors (Lipinski definition) is 4. The maximum absolute atomic E-state index is 11.4. The highest BCUT2D eigenvalue weighted by molar-refractivity contribution is 5.94. The van der Waals surface area contributed by atoms with Crippen LogP contribution in [-0.4, -0.2) is 50.3 Å². The lowest BCUT2D eigenvalue weighted by Gasteiger charge is -2.25. The van der Waals surface area contributed by atoms with Crippen molar-refractivity contribution in [1.29, 1.82) is 0 Å². The number of Topliss-reactive ketones (excluding diaryl/α,β-unsaturated/α-hetero) is 1. The van der Waals surface area contributed by atoms with E-state index in [1.165, 1.54) is 31.1 Å². The molecule has 0 bridgehead atoms. The van der Waals surface area contributed by atoms with Gasteiger partial charge in [-0.25, -0.2) is 0 Å². The molecular weight excluding hydrogens is 282 g/mol. The van der Waals surface area contributed by atoms with Gasteiger partial charge in [-0.3, -0.25) is 4.79 Å². The summed E-state index contributed by atoms with van der Waals surface area (Å²) in [6, 6.07) is 5.10. The van der Waals surface area contributed by atoms with Gasteiger partial charge in [0, 0.05) is 5.56 Å². The maximum atomic E-state index is 11.4. The zero-order valence-corrected chi connectivity index (χ0v) is 13.4. The van der Waals surface area contributed by atoms with Crippen LogP contribution in [0.2, 0.25) is 0 Å². The number of benzene rings is 1. The van der Waals surface area contributed by atoms with Crippen molar-refractivity contribution in [2.24, 2.45) is 0 Å². The van der Waals surface area contributed by atoms with E-state index in [-0.39, 0.29) is 12.4 Å². The number of likely N-dealkylation sites (tertiary alicyclic amines) is 1. The van der Waals surface area contributed by atoms with Gasteiger partial charge < -0.3 is 19.5 Å². The van der Waals surface area contributed by atoms with Crippen molar-refractivity contribution in [3.05, 3.63) is 23.8 Å². The number of ketones is 1. The second kappa shape index (κ2) is 8.15. The average Bonchev–Trinajstić information content (AvgIpc) is 2.53. The predicted octanol–water partition coefficient (Wildman–Crippen LogP) is 0.706. The molecule has 0 radical (unpaired) electrons. The molecule has 122 valence electrons. The quantitative estimate of drug-likeness (QED) is 0.728. The number of nitrogens with one attached hydrogen (secondary N) is 1. The van der Waals surface area contributed by atoms with Gasteiger partial charge in [0.15, 0.2) is 17.3 Å². The monoisotopic (exact) mass is 308 g/mol. The van der Waals surface area contributed by atoms with Crippen LogP contribution >= 0.6 is 0 Å². The zero-order chi connectivity index (χ0) is 15.9. The molecule has 5 heteroatoms. The number of methoxy groups -OCH3 is 1. The van der Waals surface area contributed by atoms with Crippen molar-refractivity contribution in [3.8, 4) is 11.5 Å². The Hall–Kier alpha value is -1.59. The summed E-state index contributed by atoms with van der Waals surface area (Å²) in [5, 5.41) is 10.1. The van der Waals surface area contributed by atoms with Gasteiger partial charge in [0.25, 0.3) is 0 Å². The van der Waals surface area contributed by atoms with E-state index in [2.05, 4.69) is 0 Å². The summed E-state index contributed by atoms with van der Waals surface area (Å²) in [4.78, 5) is 12.8. The first-order chi connectivity index (χ1) is 10.6. The molecule has 0 aromatic heterocycles. The molecular formula is C17H26NO4+. The van der Waals surface area contributed by atoms with E-state index in [1.54, 1.807) is 25.3 Å². The summed E-state index contributed by atoms with van der Waals surface area (Å²) in [5.41, 5.74) is 0.586. The maximum Gasteiger partial charge on any atom is 0.161 e.